The maximum absolute atomic E-state index is 10.9. The van der Waals surface area contributed by atoms with E-state index in [0.29, 0.717) is 11.1 Å². The van der Waals surface area contributed by atoms with Crippen LogP contribution >= 0.6 is 0 Å². The molecule has 0 N–H and O–H groups in total. The standard InChI is InChI=1S/C21H16N4O4/c1-14-11-17(12-18(13-22)16-3-5-20(6-4-16)24(26)27)15(2)23(14)19-7-9-21(10-8-19)25(28)29/h3-12H,1-2H3/b18-12+. The Kier molecular flexibility index (Phi) is 5.23. The molecule has 0 saturated carbocycles. The van der Waals surface area contributed by atoms with Crippen LogP contribution in [0.5, 0.6) is 0 Å². The first-order valence-corrected chi connectivity index (χ1v) is 8.62. The average molecular weight is 388 g/mol. The summed E-state index contributed by atoms with van der Waals surface area (Å²) in [5, 5.41) is 31.2. The van der Waals surface area contributed by atoms with Crippen molar-refractivity contribution in [3.8, 4) is 11.8 Å². The summed E-state index contributed by atoms with van der Waals surface area (Å²) in [6, 6.07) is 16.1. The number of aryl methyl sites for hydroxylation is 1. The van der Waals surface area contributed by atoms with Crippen molar-refractivity contribution in [2.45, 2.75) is 13.8 Å². The number of nitriles is 1. The van der Waals surface area contributed by atoms with Crippen molar-refractivity contribution in [1.29, 1.82) is 5.26 Å². The molecule has 0 bridgehead atoms. The molecule has 0 spiro atoms. The summed E-state index contributed by atoms with van der Waals surface area (Å²) in [5.41, 5.74) is 4.30. The van der Waals surface area contributed by atoms with Gasteiger partial charge in [-0.15, -0.1) is 0 Å². The van der Waals surface area contributed by atoms with Crippen molar-refractivity contribution in [3.63, 3.8) is 0 Å². The molecule has 0 aliphatic heterocycles. The predicted molar refractivity (Wildman–Crippen MR) is 108 cm³/mol. The van der Waals surface area contributed by atoms with Gasteiger partial charge in [0.05, 0.1) is 21.5 Å². The maximum atomic E-state index is 10.9. The van der Waals surface area contributed by atoms with E-state index in [0.717, 1.165) is 22.6 Å². The van der Waals surface area contributed by atoms with E-state index in [9.17, 15) is 25.5 Å². The van der Waals surface area contributed by atoms with Crippen LogP contribution in [0.4, 0.5) is 11.4 Å². The molecule has 1 heterocycles. The molecule has 0 atom stereocenters. The second kappa shape index (κ2) is 7.78. The van der Waals surface area contributed by atoms with Crippen molar-refractivity contribution in [2.24, 2.45) is 0 Å². The Bertz CT molecular complexity index is 1170. The largest absolute Gasteiger partial charge is 0.318 e. The van der Waals surface area contributed by atoms with Crippen LogP contribution in [0, 0.1) is 45.4 Å². The van der Waals surface area contributed by atoms with Gasteiger partial charge >= 0.3 is 0 Å². The molecule has 8 heteroatoms. The topological polar surface area (TPSA) is 115 Å². The van der Waals surface area contributed by atoms with Gasteiger partial charge in [0, 0.05) is 41.3 Å². The molecule has 3 aromatic rings. The molecule has 0 fully saturated rings. The number of nitro benzene ring substituents is 2. The van der Waals surface area contributed by atoms with Gasteiger partial charge in [-0.2, -0.15) is 5.26 Å². The van der Waals surface area contributed by atoms with Gasteiger partial charge in [-0.3, -0.25) is 20.2 Å². The number of rotatable bonds is 5. The van der Waals surface area contributed by atoms with Gasteiger partial charge < -0.3 is 4.57 Å². The lowest BCUT2D eigenvalue weighted by Crippen LogP contribution is -1.99. The van der Waals surface area contributed by atoms with Crippen LogP contribution in [0.15, 0.2) is 54.6 Å². The van der Waals surface area contributed by atoms with E-state index in [1.165, 1.54) is 24.3 Å². The van der Waals surface area contributed by atoms with Crippen molar-refractivity contribution in [1.82, 2.24) is 4.57 Å². The lowest BCUT2D eigenvalue weighted by molar-refractivity contribution is -0.385. The highest BCUT2D eigenvalue weighted by atomic mass is 16.6. The van der Waals surface area contributed by atoms with Gasteiger partial charge in [-0.05, 0) is 61.4 Å². The van der Waals surface area contributed by atoms with E-state index in [4.69, 9.17) is 0 Å². The summed E-state index contributed by atoms with van der Waals surface area (Å²) in [4.78, 5) is 20.7. The van der Waals surface area contributed by atoms with Crippen LogP contribution in [0.2, 0.25) is 0 Å². The highest BCUT2D eigenvalue weighted by Gasteiger charge is 2.13. The lowest BCUT2D eigenvalue weighted by atomic mass is 10.0. The maximum Gasteiger partial charge on any atom is 0.269 e. The third kappa shape index (κ3) is 3.89. The quantitative estimate of drug-likeness (QED) is 0.347. The van der Waals surface area contributed by atoms with E-state index in [1.807, 2.05) is 24.5 Å². The van der Waals surface area contributed by atoms with Crippen LogP contribution in [0.1, 0.15) is 22.5 Å². The van der Waals surface area contributed by atoms with Gasteiger partial charge in [0.25, 0.3) is 11.4 Å². The fourth-order valence-corrected chi connectivity index (χ4v) is 3.15. The van der Waals surface area contributed by atoms with Crippen molar-refractivity contribution < 1.29 is 9.85 Å². The average Bonchev–Trinajstić information content (AvgIpc) is 2.99. The van der Waals surface area contributed by atoms with E-state index >= 15 is 0 Å². The minimum Gasteiger partial charge on any atom is -0.318 e. The van der Waals surface area contributed by atoms with E-state index in [2.05, 4.69) is 6.07 Å². The fourth-order valence-electron chi connectivity index (χ4n) is 3.15. The molecule has 0 unspecified atom stereocenters. The van der Waals surface area contributed by atoms with Crippen molar-refractivity contribution in [3.05, 3.63) is 97.3 Å². The summed E-state index contributed by atoms with van der Waals surface area (Å²) in [7, 11) is 0. The van der Waals surface area contributed by atoms with E-state index < -0.39 is 9.85 Å². The number of benzene rings is 2. The van der Waals surface area contributed by atoms with Crippen molar-refractivity contribution in [2.75, 3.05) is 0 Å². The number of nitrogens with zero attached hydrogens (tertiary/aromatic N) is 4. The number of aromatic nitrogens is 1. The Labute approximate surface area is 166 Å². The number of hydrogen-bond acceptors (Lipinski definition) is 5. The highest BCUT2D eigenvalue weighted by Crippen LogP contribution is 2.27. The lowest BCUT2D eigenvalue weighted by Gasteiger charge is -2.09. The molecule has 0 amide bonds. The Morgan fingerprint density at radius 3 is 1.97 bits per heavy atom. The van der Waals surface area contributed by atoms with Crippen LogP contribution in [0.3, 0.4) is 0 Å². The zero-order valence-corrected chi connectivity index (χ0v) is 15.7. The van der Waals surface area contributed by atoms with Gasteiger partial charge in [-0.25, -0.2) is 0 Å². The van der Waals surface area contributed by atoms with Crippen LogP contribution in [-0.2, 0) is 0 Å². The minimum atomic E-state index is -0.489. The summed E-state index contributed by atoms with van der Waals surface area (Å²) >= 11 is 0. The normalized spacial score (nSPS) is 11.1. The molecular weight excluding hydrogens is 372 g/mol. The molecule has 3 rings (SSSR count). The molecule has 0 saturated heterocycles. The molecule has 29 heavy (non-hydrogen) atoms. The number of nitro groups is 2. The summed E-state index contributed by atoms with van der Waals surface area (Å²) < 4.78 is 1.94. The third-order valence-corrected chi connectivity index (χ3v) is 4.60. The third-order valence-electron chi connectivity index (χ3n) is 4.60. The number of allylic oxidation sites excluding steroid dienone is 1. The predicted octanol–water partition coefficient (Wildman–Crippen LogP) is 4.97. The summed E-state index contributed by atoms with van der Waals surface area (Å²) in [5.74, 6) is 0. The Morgan fingerprint density at radius 1 is 0.966 bits per heavy atom. The molecule has 0 aliphatic rings. The van der Waals surface area contributed by atoms with Gasteiger partial charge in [0.1, 0.15) is 0 Å². The second-order valence-electron chi connectivity index (χ2n) is 6.41. The fraction of sp³-hybridized carbons (Fsp3) is 0.0952. The van der Waals surface area contributed by atoms with Crippen LogP contribution in [0.25, 0.3) is 17.3 Å². The molecule has 0 aliphatic carbocycles. The first kappa shape index (κ1) is 19.5. The molecule has 1 aromatic heterocycles. The molecule has 0 radical (unpaired) electrons. The van der Waals surface area contributed by atoms with Crippen LogP contribution in [-0.4, -0.2) is 14.4 Å². The molecule has 2 aromatic carbocycles. The number of non-ortho nitro benzene ring substituents is 2. The first-order valence-electron chi connectivity index (χ1n) is 8.62. The summed E-state index contributed by atoms with van der Waals surface area (Å²) in [6.07, 6.45) is 1.73. The molecule has 144 valence electrons. The molecule has 8 nitrogen and oxygen atoms in total. The monoisotopic (exact) mass is 388 g/mol. The van der Waals surface area contributed by atoms with Gasteiger partial charge in [0.15, 0.2) is 0 Å². The van der Waals surface area contributed by atoms with E-state index in [1.54, 1.807) is 30.3 Å². The van der Waals surface area contributed by atoms with Gasteiger partial charge in [-0.1, -0.05) is 0 Å². The zero-order valence-electron chi connectivity index (χ0n) is 15.7. The first-order chi connectivity index (χ1) is 13.8. The molecular formula is C21H16N4O4. The number of hydrogen-bond donors (Lipinski definition) is 0. The van der Waals surface area contributed by atoms with E-state index in [-0.39, 0.29) is 11.4 Å². The minimum absolute atomic E-state index is 0.0151. The second-order valence-corrected chi connectivity index (χ2v) is 6.41. The van der Waals surface area contributed by atoms with Crippen molar-refractivity contribution >= 4 is 23.0 Å². The zero-order chi connectivity index (χ0) is 21.1. The highest BCUT2D eigenvalue weighted by molar-refractivity contribution is 5.90. The Hall–Kier alpha value is -4.25. The summed E-state index contributed by atoms with van der Waals surface area (Å²) in [6.45, 7) is 3.80. The van der Waals surface area contributed by atoms with Gasteiger partial charge in [0.2, 0.25) is 0 Å². The van der Waals surface area contributed by atoms with Crippen LogP contribution < -0.4 is 0 Å². The SMILES string of the molecule is Cc1cc(/C=C(\C#N)c2ccc([N+](=O)[O-])cc2)c(C)n1-c1ccc([N+](=O)[O-])cc1. The Balaban J connectivity index is 2.01. The Morgan fingerprint density at radius 2 is 1.48 bits per heavy atom. The smallest absolute Gasteiger partial charge is 0.269 e.